The third kappa shape index (κ3) is 2.87. The van der Waals surface area contributed by atoms with E-state index in [0.29, 0.717) is 17.9 Å². The van der Waals surface area contributed by atoms with Crippen LogP contribution in [0.5, 0.6) is 0 Å². The van der Waals surface area contributed by atoms with Crippen LogP contribution >= 0.6 is 11.6 Å². The summed E-state index contributed by atoms with van der Waals surface area (Å²) < 4.78 is 4.95. The van der Waals surface area contributed by atoms with Crippen LogP contribution in [-0.4, -0.2) is 17.6 Å². The maximum Gasteiger partial charge on any atom is 0.338 e. The second-order valence-electron chi connectivity index (χ2n) is 3.65. The van der Waals surface area contributed by atoms with E-state index in [1.807, 2.05) is 30.3 Å². The van der Waals surface area contributed by atoms with Crippen molar-refractivity contribution in [3.05, 3.63) is 53.2 Å². The molecule has 0 radical (unpaired) electrons. The minimum absolute atomic E-state index is 0.277. The molecule has 0 spiro atoms. The standard InChI is InChI=1S/C14H12ClNO2/c1-2-18-14(17)11-8-12(16-13(15)9-11)10-6-4-3-5-7-10/h3-9H,2H2,1H3. The number of benzene rings is 1. The number of halogens is 1. The lowest BCUT2D eigenvalue weighted by atomic mass is 10.1. The van der Waals surface area contributed by atoms with Crippen molar-refractivity contribution >= 4 is 17.6 Å². The summed E-state index contributed by atoms with van der Waals surface area (Å²) in [5, 5.41) is 0.277. The lowest BCUT2D eigenvalue weighted by Gasteiger charge is -2.05. The zero-order valence-corrected chi connectivity index (χ0v) is 10.6. The summed E-state index contributed by atoms with van der Waals surface area (Å²) in [6.45, 7) is 2.10. The Morgan fingerprint density at radius 1 is 1.28 bits per heavy atom. The average molecular weight is 262 g/mol. The number of hydrogen-bond acceptors (Lipinski definition) is 3. The van der Waals surface area contributed by atoms with Crippen LogP contribution in [0, 0.1) is 0 Å². The molecule has 0 unspecified atom stereocenters. The van der Waals surface area contributed by atoms with Crippen molar-refractivity contribution in [2.45, 2.75) is 6.92 Å². The fourth-order valence-corrected chi connectivity index (χ4v) is 1.79. The Hall–Kier alpha value is -1.87. The highest BCUT2D eigenvalue weighted by molar-refractivity contribution is 6.29. The quantitative estimate of drug-likeness (QED) is 0.626. The van der Waals surface area contributed by atoms with E-state index in [1.54, 1.807) is 13.0 Å². The van der Waals surface area contributed by atoms with E-state index < -0.39 is 0 Å². The van der Waals surface area contributed by atoms with Gasteiger partial charge >= 0.3 is 5.97 Å². The zero-order valence-electron chi connectivity index (χ0n) is 9.89. The maximum atomic E-state index is 11.7. The first-order chi connectivity index (χ1) is 8.70. The lowest BCUT2D eigenvalue weighted by molar-refractivity contribution is 0.0526. The molecule has 0 aliphatic heterocycles. The Morgan fingerprint density at radius 2 is 2.00 bits per heavy atom. The number of nitrogens with zero attached hydrogens (tertiary/aromatic N) is 1. The second-order valence-corrected chi connectivity index (χ2v) is 4.04. The van der Waals surface area contributed by atoms with Crippen molar-refractivity contribution in [3.8, 4) is 11.3 Å². The third-order valence-corrected chi connectivity index (χ3v) is 2.57. The van der Waals surface area contributed by atoms with Crippen molar-refractivity contribution < 1.29 is 9.53 Å². The van der Waals surface area contributed by atoms with Gasteiger partial charge in [-0.05, 0) is 19.1 Å². The van der Waals surface area contributed by atoms with Gasteiger partial charge in [0.15, 0.2) is 0 Å². The molecule has 0 aliphatic rings. The molecule has 0 amide bonds. The fourth-order valence-electron chi connectivity index (χ4n) is 1.59. The molecular weight excluding hydrogens is 250 g/mol. The van der Waals surface area contributed by atoms with Gasteiger partial charge in [-0.1, -0.05) is 41.9 Å². The molecule has 4 heteroatoms. The average Bonchev–Trinajstić information content (AvgIpc) is 2.39. The van der Waals surface area contributed by atoms with Crippen LogP contribution in [0.4, 0.5) is 0 Å². The molecule has 3 nitrogen and oxygen atoms in total. The van der Waals surface area contributed by atoms with Gasteiger partial charge < -0.3 is 4.74 Å². The number of esters is 1. The normalized spacial score (nSPS) is 10.1. The number of carbonyl (C=O) groups excluding carboxylic acids is 1. The van der Waals surface area contributed by atoms with Gasteiger partial charge in [0.2, 0.25) is 0 Å². The van der Waals surface area contributed by atoms with Crippen LogP contribution in [0.25, 0.3) is 11.3 Å². The smallest absolute Gasteiger partial charge is 0.338 e. The van der Waals surface area contributed by atoms with Gasteiger partial charge in [-0.15, -0.1) is 0 Å². The Balaban J connectivity index is 2.41. The molecule has 0 saturated heterocycles. The molecule has 0 fully saturated rings. The minimum atomic E-state index is -0.390. The number of pyridine rings is 1. The van der Waals surface area contributed by atoms with Gasteiger partial charge in [0.25, 0.3) is 0 Å². The molecule has 92 valence electrons. The van der Waals surface area contributed by atoms with Gasteiger partial charge in [0.1, 0.15) is 5.15 Å². The monoisotopic (exact) mass is 261 g/mol. The molecule has 0 bridgehead atoms. The zero-order chi connectivity index (χ0) is 13.0. The Labute approximate surface area is 110 Å². The highest BCUT2D eigenvalue weighted by atomic mass is 35.5. The maximum absolute atomic E-state index is 11.7. The van der Waals surface area contributed by atoms with Gasteiger partial charge in [0.05, 0.1) is 17.9 Å². The molecule has 0 atom stereocenters. The highest BCUT2D eigenvalue weighted by Crippen LogP contribution is 2.21. The second kappa shape index (κ2) is 5.65. The summed E-state index contributed by atoms with van der Waals surface area (Å²) in [5.41, 5.74) is 1.98. The summed E-state index contributed by atoms with van der Waals surface area (Å²) in [6.07, 6.45) is 0. The molecule has 1 heterocycles. The van der Waals surface area contributed by atoms with Gasteiger partial charge in [-0.2, -0.15) is 0 Å². The largest absolute Gasteiger partial charge is 0.462 e. The summed E-state index contributed by atoms with van der Waals surface area (Å²) >= 11 is 5.93. The molecule has 2 aromatic rings. The summed E-state index contributed by atoms with van der Waals surface area (Å²) in [5.74, 6) is -0.390. The number of ether oxygens (including phenoxy) is 1. The van der Waals surface area contributed by atoms with E-state index >= 15 is 0 Å². The van der Waals surface area contributed by atoms with E-state index in [2.05, 4.69) is 4.98 Å². The molecule has 0 aliphatic carbocycles. The Bertz CT molecular complexity index is 555. The number of rotatable bonds is 3. The van der Waals surface area contributed by atoms with Crippen LogP contribution in [0.15, 0.2) is 42.5 Å². The van der Waals surface area contributed by atoms with Crippen LogP contribution in [-0.2, 0) is 4.74 Å². The van der Waals surface area contributed by atoms with Crippen LogP contribution in [0.3, 0.4) is 0 Å². The van der Waals surface area contributed by atoms with E-state index in [4.69, 9.17) is 16.3 Å². The minimum Gasteiger partial charge on any atom is -0.462 e. The van der Waals surface area contributed by atoms with Gasteiger partial charge in [-0.25, -0.2) is 9.78 Å². The first-order valence-corrected chi connectivity index (χ1v) is 5.98. The summed E-state index contributed by atoms with van der Waals surface area (Å²) in [6, 6.07) is 12.7. The highest BCUT2D eigenvalue weighted by Gasteiger charge is 2.10. The topological polar surface area (TPSA) is 39.2 Å². The first-order valence-electron chi connectivity index (χ1n) is 5.61. The summed E-state index contributed by atoms with van der Waals surface area (Å²) in [4.78, 5) is 15.9. The molecule has 1 aromatic carbocycles. The van der Waals surface area contributed by atoms with Gasteiger partial charge in [0, 0.05) is 5.56 Å². The summed E-state index contributed by atoms with van der Waals surface area (Å²) in [7, 11) is 0. The molecule has 0 N–H and O–H groups in total. The Morgan fingerprint density at radius 3 is 2.67 bits per heavy atom. The van der Waals surface area contributed by atoms with Crippen LogP contribution in [0.2, 0.25) is 5.15 Å². The molecule has 18 heavy (non-hydrogen) atoms. The van der Waals surface area contributed by atoms with Crippen LogP contribution in [0.1, 0.15) is 17.3 Å². The van der Waals surface area contributed by atoms with Crippen molar-refractivity contribution in [1.29, 1.82) is 0 Å². The number of aromatic nitrogens is 1. The molecule has 1 aromatic heterocycles. The van der Waals surface area contributed by atoms with E-state index in [9.17, 15) is 4.79 Å². The molecular formula is C14H12ClNO2. The van der Waals surface area contributed by atoms with Crippen molar-refractivity contribution in [3.63, 3.8) is 0 Å². The first kappa shape index (κ1) is 12.6. The molecule has 2 rings (SSSR count). The van der Waals surface area contributed by atoms with Crippen molar-refractivity contribution in [1.82, 2.24) is 4.98 Å². The predicted octanol–water partition coefficient (Wildman–Crippen LogP) is 3.58. The number of hydrogen-bond donors (Lipinski definition) is 0. The predicted molar refractivity (Wildman–Crippen MR) is 70.6 cm³/mol. The SMILES string of the molecule is CCOC(=O)c1cc(Cl)nc(-c2ccccc2)c1. The fraction of sp³-hybridized carbons (Fsp3) is 0.143. The third-order valence-electron chi connectivity index (χ3n) is 2.37. The van der Waals surface area contributed by atoms with Gasteiger partial charge in [-0.3, -0.25) is 0 Å². The molecule has 0 saturated carbocycles. The Kier molecular flexibility index (Phi) is 3.95. The van der Waals surface area contributed by atoms with Crippen molar-refractivity contribution in [2.24, 2.45) is 0 Å². The van der Waals surface area contributed by atoms with E-state index in [0.717, 1.165) is 5.56 Å². The van der Waals surface area contributed by atoms with Crippen molar-refractivity contribution in [2.75, 3.05) is 6.61 Å². The van der Waals surface area contributed by atoms with Crippen LogP contribution < -0.4 is 0 Å². The van der Waals surface area contributed by atoms with E-state index in [1.165, 1.54) is 6.07 Å². The number of carbonyl (C=O) groups is 1. The lowest BCUT2D eigenvalue weighted by Crippen LogP contribution is -2.05. The van der Waals surface area contributed by atoms with E-state index in [-0.39, 0.29) is 11.1 Å².